The van der Waals surface area contributed by atoms with Crippen LogP contribution in [0.2, 0.25) is 0 Å². The van der Waals surface area contributed by atoms with Crippen LogP contribution in [0.15, 0.2) is 30.9 Å². The van der Waals surface area contributed by atoms with Crippen LogP contribution in [0.1, 0.15) is 6.92 Å². The van der Waals surface area contributed by atoms with Crippen molar-refractivity contribution in [2.75, 3.05) is 19.8 Å². The summed E-state index contributed by atoms with van der Waals surface area (Å²) in [6.07, 6.45) is 5.49. The average Bonchev–Trinajstić information content (AvgIpc) is 2.78. The van der Waals surface area contributed by atoms with Crippen LogP contribution in [0.25, 0.3) is 11.3 Å². The van der Waals surface area contributed by atoms with Gasteiger partial charge in [-0.1, -0.05) is 0 Å². The zero-order valence-corrected chi connectivity index (χ0v) is 11.0. The number of nitrogens with two attached hydrogens (primary N) is 1. The van der Waals surface area contributed by atoms with E-state index in [-0.39, 0.29) is 0 Å². The fourth-order valence-electron chi connectivity index (χ4n) is 1.71. The Morgan fingerprint density at radius 3 is 2.72 bits per heavy atom. The van der Waals surface area contributed by atoms with Crippen LogP contribution in [0.3, 0.4) is 0 Å². The van der Waals surface area contributed by atoms with Crippen molar-refractivity contribution in [3.63, 3.8) is 0 Å². The maximum Gasteiger partial charge on any atom is 0.123 e. The molecule has 0 aromatic carbocycles. The summed E-state index contributed by atoms with van der Waals surface area (Å²) in [4.78, 5) is 10.5. The number of nitrogen functional groups attached to an aromatic ring is 1. The van der Waals surface area contributed by atoms with Crippen molar-refractivity contribution in [2.24, 2.45) is 0 Å². The smallest absolute Gasteiger partial charge is 0.123 e. The number of hydrogen-bond acceptors (Lipinski definition) is 4. The minimum atomic E-state index is 0.444. The summed E-state index contributed by atoms with van der Waals surface area (Å²) in [7, 11) is 4.15. The highest BCUT2D eigenvalue weighted by molar-refractivity contribution is 5.59. The highest BCUT2D eigenvalue weighted by Crippen LogP contribution is 2.19. The van der Waals surface area contributed by atoms with Crippen LogP contribution < -0.4 is 5.73 Å². The predicted molar refractivity (Wildman–Crippen MR) is 73.0 cm³/mol. The van der Waals surface area contributed by atoms with Gasteiger partial charge in [-0.2, -0.15) is 0 Å². The summed E-state index contributed by atoms with van der Waals surface area (Å²) in [5.41, 5.74) is 7.70. The van der Waals surface area contributed by atoms with Crippen molar-refractivity contribution in [1.29, 1.82) is 0 Å². The third kappa shape index (κ3) is 2.68. The number of likely N-dealkylation sites (N-methyl/N-ethyl adjacent to an activating group) is 1. The number of aromatic nitrogens is 3. The number of pyridine rings is 1. The van der Waals surface area contributed by atoms with Gasteiger partial charge >= 0.3 is 0 Å². The molecule has 0 aliphatic carbocycles. The Kier molecular flexibility index (Phi) is 3.62. The largest absolute Gasteiger partial charge is 0.384 e. The Hall–Kier alpha value is -1.88. The number of rotatable bonds is 4. The Morgan fingerprint density at radius 1 is 1.33 bits per heavy atom. The van der Waals surface area contributed by atoms with Gasteiger partial charge < -0.3 is 15.2 Å². The molecule has 0 radical (unpaired) electrons. The maximum atomic E-state index is 5.60. The van der Waals surface area contributed by atoms with Crippen molar-refractivity contribution >= 4 is 5.82 Å². The topological polar surface area (TPSA) is 60.0 Å². The molecule has 18 heavy (non-hydrogen) atoms. The van der Waals surface area contributed by atoms with Gasteiger partial charge in [0.25, 0.3) is 0 Å². The van der Waals surface area contributed by atoms with Gasteiger partial charge in [0.1, 0.15) is 5.82 Å². The minimum Gasteiger partial charge on any atom is -0.384 e. The van der Waals surface area contributed by atoms with E-state index in [0.29, 0.717) is 11.9 Å². The van der Waals surface area contributed by atoms with Gasteiger partial charge in [0.2, 0.25) is 0 Å². The van der Waals surface area contributed by atoms with Crippen molar-refractivity contribution in [3.8, 4) is 11.3 Å². The lowest BCUT2D eigenvalue weighted by atomic mass is 10.2. The summed E-state index contributed by atoms with van der Waals surface area (Å²) in [5, 5.41) is 0. The fraction of sp³-hybridized carbons (Fsp3) is 0.385. The molecule has 2 aromatic rings. The van der Waals surface area contributed by atoms with Crippen LogP contribution >= 0.6 is 0 Å². The van der Waals surface area contributed by atoms with E-state index in [1.54, 1.807) is 6.20 Å². The van der Waals surface area contributed by atoms with Crippen LogP contribution in [0.5, 0.6) is 0 Å². The first kappa shape index (κ1) is 12.6. The Bertz CT molecular complexity index is 500. The molecule has 0 aliphatic heterocycles. The van der Waals surface area contributed by atoms with Crippen LogP contribution in [0.4, 0.5) is 5.82 Å². The van der Waals surface area contributed by atoms with E-state index in [0.717, 1.165) is 17.8 Å². The molecule has 0 spiro atoms. The summed E-state index contributed by atoms with van der Waals surface area (Å²) < 4.78 is 2.14. The van der Waals surface area contributed by atoms with E-state index < -0.39 is 0 Å². The van der Waals surface area contributed by atoms with Crippen molar-refractivity contribution in [2.45, 2.75) is 19.5 Å². The summed E-state index contributed by atoms with van der Waals surface area (Å²) in [5.74, 6) is 0.534. The van der Waals surface area contributed by atoms with E-state index in [9.17, 15) is 0 Å². The molecule has 5 heteroatoms. The van der Waals surface area contributed by atoms with Gasteiger partial charge in [-0.25, -0.2) is 9.97 Å². The number of imidazole rings is 1. The zero-order valence-electron chi connectivity index (χ0n) is 11.0. The second-order valence-electron chi connectivity index (χ2n) is 4.72. The van der Waals surface area contributed by atoms with Crippen LogP contribution in [-0.4, -0.2) is 39.6 Å². The van der Waals surface area contributed by atoms with Crippen molar-refractivity contribution in [3.05, 3.63) is 30.9 Å². The molecule has 2 heterocycles. The molecule has 0 aliphatic rings. The molecule has 2 rings (SSSR count). The van der Waals surface area contributed by atoms with Crippen LogP contribution in [-0.2, 0) is 6.54 Å². The lowest BCUT2D eigenvalue weighted by Crippen LogP contribution is -2.29. The van der Waals surface area contributed by atoms with Gasteiger partial charge in [-0.3, -0.25) is 0 Å². The highest BCUT2D eigenvalue weighted by atomic mass is 15.1. The first-order valence-corrected chi connectivity index (χ1v) is 5.96. The van der Waals surface area contributed by atoms with Crippen LogP contribution in [0, 0.1) is 0 Å². The molecule has 1 unspecified atom stereocenters. The fourth-order valence-corrected chi connectivity index (χ4v) is 1.71. The lowest BCUT2D eigenvalue weighted by molar-refractivity contribution is 0.284. The quantitative estimate of drug-likeness (QED) is 0.886. The Balaban J connectivity index is 2.25. The maximum absolute atomic E-state index is 5.60. The second kappa shape index (κ2) is 5.18. The van der Waals surface area contributed by atoms with Gasteiger partial charge in [0.05, 0.1) is 18.2 Å². The molecule has 2 N–H and O–H groups in total. The van der Waals surface area contributed by atoms with Gasteiger partial charge in [0.15, 0.2) is 0 Å². The third-order valence-electron chi connectivity index (χ3n) is 3.14. The molecule has 0 bridgehead atoms. The standard InChI is InChI=1S/C13H19N5/c1-10(17(2)3)8-18-9-15-7-12(18)11-4-5-13(14)16-6-11/h4-7,9-10H,8H2,1-3H3,(H2,14,16). The molecule has 2 aromatic heterocycles. The van der Waals surface area contributed by atoms with Crippen molar-refractivity contribution in [1.82, 2.24) is 19.4 Å². The van der Waals surface area contributed by atoms with Gasteiger partial charge in [0, 0.05) is 24.3 Å². The summed E-state index contributed by atoms with van der Waals surface area (Å²) in [6.45, 7) is 3.08. The molecule has 5 nitrogen and oxygen atoms in total. The zero-order chi connectivity index (χ0) is 13.1. The van der Waals surface area contributed by atoms with Gasteiger partial charge in [-0.05, 0) is 33.2 Å². The van der Waals surface area contributed by atoms with E-state index >= 15 is 0 Å². The van der Waals surface area contributed by atoms with E-state index in [4.69, 9.17) is 5.73 Å². The third-order valence-corrected chi connectivity index (χ3v) is 3.14. The first-order valence-electron chi connectivity index (χ1n) is 5.96. The molecule has 96 valence electrons. The predicted octanol–water partition coefficient (Wildman–Crippen LogP) is 1.48. The van der Waals surface area contributed by atoms with Crippen molar-refractivity contribution < 1.29 is 0 Å². The molecule has 1 atom stereocenters. The second-order valence-corrected chi connectivity index (χ2v) is 4.72. The highest BCUT2D eigenvalue weighted by Gasteiger charge is 2.10. The Morgan fingerprint density at radius 2 is 2.11 bits per heavy atom. The molecule has 0 fully saturated rings. The molecule has 0 amide bonds. The molecule has 0 saturated carbocycles. The molecular formula is C13H19N5. The molecular weight excluding hydrogens is 226 g/mol. The van der Waals surface area contributed by atoms with Gasteiger partial charge in [-0.15, -0.1) is 0 Å². The van der Waals surface area contributed by atoms with E-state index in [1.165, 1.54) is 0 Å². The number of anilines is 1. The SMILES string of the molecule is CC(Cn1cncc1-c1ccc(N)nc1)N(C)C. The van der Waals surface area contributed by atoms with E-state index in [1.807, 2.05) is 24.7 Å². The first-order chi connectivity index (χ1) is 8.58. The van der Waals surface area contributed by atoms with E-state index in [2.05, 4.69) is 40.5 Å². The Labute approximate surface area is 107 Å². The normalized spacial score (nSPS) is 12.9. The molecule has 0 saturated heterocycles. The number of nitrogens with zero attached hydrogens (tertiary/aromatic N) is 4. The number of hydrogen-bond donors (Lipinski definition) is 1. The summed E-state index contributed by atoms with van der Waals surface area (Å²) >= 11 is 0. The lowest BCUT2D eigenvalue weighted by Gasteiger charge is -2.21. The average molecular weight is 245 g/mol. The summed E-state index contributed by atoms with van der Waals surface area (Å²) in [6, 6.07) is 4.22. The minimum absolute atomic E-state index is 0.444. The monoisotopic (exact) mass is 245 g/mol.